The van der Waals surface area contributed by atoms with Crippen LogP contribution >= 0.6 is 15.9 Å². The quantitative estimate of drug-likeness (QED) is 0.760. The van der Waals surface area contributed by atoms with Crippen molar-refractivity contribution < 1.29 is 9.47 Å². The molecule has 0 saturated heterocycles. The van der Waals surface area contributed by atoms with E-state index in [0.29, 0.717) is 4.83 Å². The molecule has 0 aromatic heterocycles. The molecule has 0 aliphatic heterocycles. The average Bonchev–Trinajstić information content (AvgIpc) is 2.26. The van der Waals surface area contributed by atoms with Crippen molar-refractivity contribution in [1.29, 1.82) is 0 Å². The van der Waals surface area contributed by atoms with Crippen LogP contribution in [0.4, 0.5) is 0 Å². The lowest BCUT2D eigenvalue weighted by atomic mass is 9.80. The van der Waals surface area contributed by atoms with Gasteiger partial charge in [0.15, 0.2) is 0 Å². The molecule has 17 heavy (non-hydrogen) atoms. The summed E-state index contributed by atoms with van der Waals surface area (Å²) in [5.74, 6) is 1.72. The van der Waals surface area contributed by atoms with Crippen LogP contribution in [0.1, 0.15) is 32.8 Å². The maximum absolute atomic E-state index is 5.46. The molecule has 0 amide bonds. The second-order valence-electron chi connectivity index (χ2n) is 4.93. The van der Waals surface area contributed by atoms with Gasteiger partial charge in [-0.3, -0.25) is 0 Å². The third-order valence-electron chi connectivity index (χ3n) is 2.93. The van der Waals surface area contributed by atoms with Crippen molar-refractivity contribution in [3.63, 3.8) is 0 Å². The molecule has 1 unspecified atom stereocenters. The molecular formula is C14H21BrO2. The van der Waals surface area contributed by atoms with E-state index >= 15 is 0 Å². The Bertz CT molecular complexity index is 372. The fourth-order valence-corrected chi connectivity index (χ4v) is 2.98. The Kier molecular flexibility index (Phi) is 4.87. The fourth-order valence-electron chi connectivity index (χ4n) is 2.17. The van der Waals surface area contributed by atoms with Crippen molar-refractivity contribution in [1.82, 2.24) is 0 Å². The monoisotopic (exact) mass is 300 g/mol. The summed E-state index contributed by atoms with van der Waals surface area (Å²) < 4.78 is 10.7. The van der Waals surface area contributed by atoms with Gasteiger partial charge in [0.2, 0.25) is 0 Å². The van der Waals surface area contributed by atoms with E-state index in [-0.39, 0.29) is 5.41 Å². The zero-order chi connectivity index (χ0) is 13.1. The number of benzene rings is 1. The first kappa shape index (κ1) is 14.4. The number of alkyl halides is 1. The predicted octanol–water partition coefficient (Wildman–Crippen LogP) is 4.15. The Balaban J connectivity index is 3.11. The van der Waals surface area contributed by atoms with Gasteiger partial charge in [-0.25, -0.2) is 0 Å². The van der Waals surface area contributed by atoms with Crippen LogP contribution < -0.4 is 9.47 Å². The fraction of sp³-hybridized carbons (Fsp3) is 0.571. The molecule has 0 aliphatic rings. The molecule has 0 N–H and O–H groups in total. The Hall–Kier alpha value is -0.700. The highest BCUT2D eigenvalue weighted by Gasteiger charge is 2.26. The molecule has 1 aromatic carbocycles. The van der Waals surface area contributed by atoms with Crippen LogP contribution in [-0.4, -0.2) is 19.0 Å². The highest BCUT2D eigenvalue weighted by Crippen LogP contribution is 2.38. The van der Waals surface area contributed by atoms with E-state index in [1.165, 1.54) is 5.56 Å². The number of ether oxygens (including phenoxy) is 2. The molecule has 1 aromatic rings. The number of hydrogen-bond donors (Lipinski definition) is 0. The number of halogens is 1. The lowest BCUT2D eigenvalue weighted by Gasteiger charge is -2.28. The topological polar surface area (TPSA) is 18.5 Å². The van der Waals surface area contributed by atoms with Gasteiger partial charge in [-0.15, -0.1) is 0 Å². The van der Waals surface area contributed by atoms with Crippen LogP contribution in [0.2, 0.25) is 0 Å². The Labute approximate surface area is 112 Å². The molecular weight excluding hydrogens is 280 g/mol. The normalized spacial score (nSPS) is 13.3. The Morgan fingerprint density at radius 2 is 1.88 bits per heavy atom. The van der Waals surface area contributed by atoms with Gasteiger partial charge in [0, 0.05) is 16.5 Å². The van der Waals surface area contributed by atoms with E-state index in [4.69, 9.17) is 9.47 Å². The third-order valence-corrected chi connectivity index (χ3v) is 3.25. The summed E-state index contributed by atoms with van der Waals surface area (Å²) in [5, 5.41) is 0. The molecule has 96 valence electrons. The van der Waals surface area contributed by atoms with Gasteiger partial charge in [0.05, 0.1) is 14.2 Å². The molecule has 0 aliphatic carbocycles. The summed E-state index contributed by atoms with van der Waals surface area (Å²) in [5.41, 5.74) is 1.28. The van der Waals surface area contributed by atoms with E-state index < -0.39 is 0 Å². The summed E-state index contributed by atoms with van der Waals surface area (Å²) in [7, 11) is 3.37. The molecule has 1 atom stereocenters. The summed E-state index contributed by atoms with van der Waals surface area (Å²) in [4.78, 5) is 0.476. The van der Waals surface area contributed by atoms with Crippen molar-refractivity contribution in [2.24, 2.45) is 0 Å². The van der Waals surface area contributed by atoms with E-state index in [9.17, 15) is 0 Å². The van der Waals surface area contributed by atoms with Gasteiger partial charge in [-0.2, -0.15) is 0 Å². The van der Waals surface area contributed by atoms with Crippen LogP contribution in [0.25, 0.3) is 0 Å². The molecule has 3 heteroatoms. The van der Waals surface area contributed by atoms with Crippen LogP contribution in [0.15, 0.2) is 18.2 Å². The number of methoxy groups -OCH3 is 2. The van der Waals surface area contributed by atoms with Gasteiger partial charge in [-0.1, -0.05) is 42.8 Å². The van der Waals surface area contributed by atoms with Crippen LogP contribution in [0.3, 0.4) is 0 Å². The van der Waals surface area contributed by atoms with Crippen molar-refractivity contribution in [2.45, 2.75) is 37.4 Å². The highest BCUT2D eigenvalue weighted by atomic mass is 79.9. The van der Waals surface area contributed by atoms with Crippen molar-refractivity contribution in [3.05, 3.63) is 23.8 Å². The maximum atomic E-state index is 5.46. The molecule has 2 nitrogen and oxygen atoms in total. The first-order valence-electron chi connectivity index (χ1n) is 5.77. The lowest BCUT2D eigenvalue weighted by Crippen LogP contribution is -2.21. The van der Waals surface area contributed by atoms with Crippen LogP contribution in [0.5, 0.6) is 11.5 Å². The summed E-state index contributed by atoms with van der Waals surface area (Å²) in [6.07, 6.45) is 1.05. The molecule has 0 radical (unpaired) electrons. The van der Waals surface area contributed by atoms with Crippen LogP contribution in [-0.2, 0) is 5.41 Å². The zero-order valence-electron chi connectivity index (χ0n) is 11.2. The van der Waals surface area contributed by atoms with Crippen molar-refractivity contribution >= 4 is 15.9 Å². The first-order chi connectivity index (χ1) is 7.90. The minimum absolute atomic E-state index is 0.0700. The van der Waals surface area contributed by atoms with Gasteiger partial charge < -0.3 is 9.47 Å². The smallest absolute Gasteiger partial charge is 0.126 e. The minimum Gasteiger partial charge on any atom is -0.497 e. The van der Waals surface area contributed by atoms with E-state index in [2.05, 4.69) is 42.8 Å². The molecule has 1 rings (SSSR count). The Morgan fingerprint density at radius 1 is 1.24 bits per heavy atom. The maximum Gasteiger partial charge on any atom is 0.126 e. The van der Waals surface area contributed by atoms with E-state index in [1.54, 1.807) is 14.2 Å². The molecule has 0 fully saturated rings. The zero-order valence-corrected chi connectivity index (χ0v) is 12.8. The van der Waals surface area contributed by atoms with Gasteiger partial charge in [0.25, 0.3) is 0 Å². The van der Waals surface area contributed by atoms with Gasteiger partial charge in [0.1, 0.15) is 11.5 Å². The second kappa shape index (κ2) is 5.76. The minimum atomic E-state index is 0.0700. The van der Waals surface area contributed by atoms with E-state index in [0.717, 1.165) is 17.9 Å². The standard InChI is InChI=1S/C14H21BrO2/c1-10(15)9-14(2,3)12-7-6-11(16-4)8-13(12)17-5/h6-8,10H,9H2,1-5H3. The largest absolute Gasteiger partial charge is 0.497 e. The van der Waals surface area contributed by atoms with Crippen molar-refractivity contribution in [3.8, 4) is 11.5 Å². The van der Waals surface area contributed by atoms with Crippen molar-refractivity contribution in [2.75, 3.05) is 14.2 Å². The highest BCUT2D eigenvalue weighted by molar-refractivity contribution is 9.09. The number of rotatable bonds is 5. The predicted molar refractivity (Wildman–Crippen MR) is 75.6 cm³/mol. The Morgan fingerprint density at radius 3 is 2.35 bits per heavy atom. The first-order valence-corrected chi connectivity index (χ1v) is 6.69. The van der Waals surface area contributed by atoms with Crippen LogP contribution in [0, 0.1) is 0 Å². The second-order valence-corrected chi connectivity index (χ2v) is 6.50. The van der Waals surface area contributed by atoms with E-state index in [1.807, 2.05) is 12.1 Å². The summed E-state index contributed by atoms with van der Waals surface area (Å²) in [6.45, 7) is 6.63. The third kappa shape index (κ3) is 3.63. The SMILES string of the molecule is COc1ccc(C(C)(C)CC(C)Br)c(OC)c1. The molecule has 0 heterocycles. The summed E-state index contributed by atoms with van der Waals surface area (Å²) >= 11 is 3.62. The lowest BCUT2D eigenvalue weighted by molar-refractivity contribution is 0.374. The van der Waals surface area contributed by atoms with Gasteiger partial charge in [-0.05, 0) is 17.9 Å². The average molecular weight is 301 g/mol. The van der Waals surface area contributed by atoms with Gasteiger partial charge >= 0.3 is 0 Å². The summed E-state index contributed by atoms with van der Waals surface area (Å²) in [6, 6.07) is 6.02. The number of hydrogen-bond acceptors (Lipinski definition) is 2. The molecule has 0 saturated carbocycles. The molecule has 0 spiro atoms. The molecule has 0 bridgehead atoms.